The maximum Gasteiger partial charge on any atom is 0.236 e. The number of carbonyl (C=O) groups is 1. The number of hydrogen-bond donors (Lipinski definition) is 1. The minimum atomic E-state index is -0.167. The average molecular weight is 445 g/mol. The van der Waals surface area contributed by atoms with Gasteiger partial charge in [-0.3, -0.25) is 14.7 Å². The lowest BCUT2D eigenvalue weighted by atomic mass is 10.1. The molecule has 0 radical (unpaired) electrons. The van der Waals surface area contributed by atoms with Crippen LogP contribution in [-0.4, -0.2) is 36.6 Å². The van der Waals surface area contributed by atoms with Crippen molar-refractivity contribution in [1.29, 1.82) is 0 Å². The van der Waals surface area contributed by atoms with E-state index < -0.39 is 0 Å². The van der Waals surface area contributed by atoms with Gasteiger partial charge in [0.15, 0.2) is 11.0 Å². The molecule has 3 aromatic rings. The molecule has 0 saturated carbocycles. The summed E-state index contributed by atoms with van der Waals surface area (Å²) < 4.78 is 7.81. The van der Waals surface area contributed by atoms with E-state index in [4.69, 9.17) is 4.74 Å². The van der Waals surface area contributed by atoms with Gasteiger partial charge >= 0.3 is 0 Å². The summed E-state index contributed by atoms with van der Waals surface area (Å²) >= 11 is 2.68. The monoisotopic (exact) mass is 444 g/mol. The minimum absolute atomic E-state index is 0.167. The van der Waals surface area contributed by atoms with Gasteiger partial charge in [-0.15, -0.1) is 27.0 Å². The molecule has 0 aliphatic heterocycles. The van der Waals surface area contributed by atoms with Crippen LogP contribution in [0.15, 0.2) is 36.0 Å². The third-order valence-corrected chi connectivity index (χ3v) is 5.97. The molecule has 158 valence electrons. The third kappa shape index (κ3) is 5.90. The summed E-state index contributed by atoms with van der Waals surface area (Å²) in [5.41, 5.74) is 2.28. The van der Waals surface area contributed by atoms with Gasteiger partial charge < -0.3 is 4.74 Å². The summed E-state index contributed by atoms with van der Waals surface area (Å²) in [7, 11) is 0. The Labute approximate surface area is 183 Å². The van der Waals surface area contributed by atoms with Crippen LogP contribution in [0.1, 0.15) is 28.9 Å². The van der Waals surface area contributed by atoms with Crippen LogP contribution < -0.4 is 10.1 Å². The molecule has 0 aliphatic carbocycles. The second kappa shape index (κ2) is 10.4. The Kier molecular flexibility index (Phi) is 7.58. The van der Waals surface area contributed by atoms with E-state index in [-0.39, 0.29) is 18.3 Å². The predicted molar refractivity (Wildman–Crippen MR) is 119 cm³/mol. The highest BCUT2D eigenvalue weighted by Crippen LogP contribution is 2.21. The van der Waals surface area contributed by atoms with Crippen LogP contribution in [-0.2, 0) is 24.4 Å². The van der Waals surface area contributed by atoms with Gasteiger partial charge in [0.2, 0.25) is 11.0 Å². The number of carbonyl (C=O) groups excluding carboxylic acids is 1. The average Bonchev–Trinajstić information content (AvgIpc) is 3.31. The van der Waals surface area contributed by atoms with Crippen molar-refractivity contribution in [2.75, 3.05) is 11.1 Å². The van der Waals surface area contributed by atoms with Crippen LogP contribution in [0.3, 0.4) is 0 Å². The van der Waals surface area contributed by atoms with Crippen molar-refractivity contribution in [2.45, 2.75) is 45.5 Å². The summed E-state index contributed by atoms with van der Waals surface area (Å²) in [5, 5.41) is 21.2. The Hall–Kier alpha value is -2.72. The number of hydrogen-bond acceptors (Lipinski definition) is 8. The summed E-state index contributed by atoms with van der Waals surface area (Å²) in [6.45, 7) is 10.7. The maximum atomic E-state index is 12.2. The highest BCUT2D eigenvalue weighted by Gasteiger charge is 2.15. The molecule has 3 rings (SSSR count). The van der Waals surface area contributed by atoms with E-state index in [0.717, 1.165) is 28.3 Å². The fourth-order valence-electron chi connectivity index (χ4n) is 2.74. The van der Waals surface area contributed by atoms with Crippen LogP contribution in [0.25, 0.3) is 0 Å². The molecule has 2 aromatic heterocycles. The van der Waals surface area contributed by atoms with Gasteiger partial charge in [-0.2, -0.15) is 0 Å². The second-order valence-electron chi connectivity index (χ2n) is 6.60. The fraction of sp³-hybridized carbons (Fsp3) is 0.350. The molecule has 8 nitrogen and oxygen atoms in total. The summed E-state index contributed by atoms with van der Waals surface area (Å²) in [5.74, 6) is 1.49. The van der Waals surface area contributed by atoms with E-state index in [9.17, 15) is 4.79 Å². The van der Waals surface area contributed by atoms with E-state index >= 15 is 0 Å². The molecule has 0 bridgehead atoms. The number of anilines is 1. The lowest BCUT2D eigenvalue weighted by molar-refractivity contribution is -0.113. The van der Waals surface area contributed by atoms with Crippen molar-refractivity contribution < 1.29 is 9.53 Å². The van der Waals surface area contributed by atoms with Crippen molar-refractivity contribution in [2.24, 2.45) is 0 Å². The molecular formula is C20H24N6O2S2. The van der Waals surface area contributed by atoms with Crippen molar-refractivity contribution in [3.63, 3.8) is 0 Å². The van der Waals surface area contributed by atoms with E-state index in [0.29, 0.717) is 22.7 Å². The number of aryl methyl sites for hydroxylation is 3. The van der Waals surface area contributed by atoms with Crippen LogP contribution >= 0.6 is 23.1 Å². The number of ether oxygens (including phenoxy) is 1. The first-order valence-corrected chi connectivity index (χ1v) is 11.3. The van der Waals surface area contributed by atoms with Crippen LogP contribution in [0.4, 0.5) is 5.13 Å². The highest BCUT2D eigenvalue weighted by molar-refractivity contribution is 7.99. The second-order valence-corrected chi connectivity index (χ2v) is 8.61. The quantitative estimate of drug-likeness (QED) is 0.375. The molecule has 0 saturated heterocycles. The molecule has 0 atom stereocenters. The number of amides is 1. The van der Waals surface area contributed by atoms with E-state index in [1.54, 1.807) is 6.08 Å². The first kappa shape index (κ1) is 22.0. The number of rotatable bonds is 10. The normalized spacial score (nSPS) is 10.8. The molecule has 30 heavy (non-hydrogen) atoms. The lowest BCUT2D eigenvalue weighted by Gasteiger charge is -2.10. The Morgan fingerprint density at radius 2 is 2.00 bits per heavy atom. The number of allylic oxidation sites excluding steroid dienone is 1. The molecule has 0 fully saturated rings. The van der Waals surface area contributed by atoms with Crippen LogP contribution in [0, 0.1) is 13.8 Å². The largest absolute Gasteiger partial charge is 0.486 e. The van der Waals surface area contributed by atoms with Gasteiger partial charge in [0.05, 0.1) is 5.75 Å². The van der Waals surface area contributed by atoms with Crippen LogP contribution in [0.2, 0.25) is 0 Å². The van der Waals surface area contributed by atoms with Gasteiger partial charge in [-0.25, -0.2) is 0 Å². The van der Waals surface area contributed by atoms with Crippen molar-refractivity contribution in [3.05, 3.63) is 52.8 Å². The van der Waals surface area contributed by atoms with Gasteiger partial charge in [-0.1, -0.05) is 42.2 Å². The molecule has 0 spiro atoms. The Bertz CT molecular complexity index is 1010. The van der Waals surface area contributed by atoms with Gasteiger partial charge in [-0.05, 0) is 43.5 Å². The number of aromatic nitrogens is 5. The van der Waals surface area contributed by atoms with E-state index in [2.05, 4.69) is 38.4 Å². The number of thioether (sulfide) groups is 1. The first-order valence-electron chi connectivity index (χ1n) is 9.47. The van der Waals surface area contributed by atoms with Gasteiger partial charge in [0.1, 0.15) is 17.4 Å². The van der Waals surface area contributed by atoms with Crippen molar-refractivity contribution >= 4 is 34.1 Å². The Morgan fingerprint density at radius 1 is 1.23 bits per heavy atom. The third-order valence-electron chi connectivity index (χ3n) is 4.02. The molecule has 1 aromatic carbocycles. The van der Waals surface area contributed by atoms with E-state index in [1.807, 2.05) is 37.5 Å². The smallest absolute Gasteiger partial charge is 0.236 e. The molecular weight excluding hydrogens is 420 g/mol. The first-order chi connectivity index (χ1) is 14.5. The predicted octanol–water partition coefficient (Wildman–Crippen LogP) is 3.80. The Balaban J connectivity index is 1.61. The standard InChI is InChI=1S/C20H24N6O2S2/c1-5-7-26-16(11-28-15-9-13(3)8-14(4)10-15)22-25-20(26)29-12-17(27)21-19-24-23-18(6-2)30-19/h5,8-10H,1,6-7,11-12H2,2-4H3,(H,21,24,27). The Morgan fingerprint density at radius 3 is 2.67 bits per heavy atom. The topological polar surface area (TPSA) is 94.8 Å². The summed E-state index contributed by atoms with van der Waals surface area (Å²) in [4.78, 5) is 12.2. The molecule has 0 unspecified atom stereocenters. The fourth-order valence-corrected chi connectivity index (χ4v) is 4.20. The number of benzene rings is 1. The number of nitrogens with zero attached hydrogens (tertiary/aromatic N) is 5. The molecule has 0 aliphatic rings. The van der Waals surface area contributed by atoms with Crippen molar-refractivity contribution in [1.82, 2.24) is 25.0 Å². The molecule has 1 amide bonds. The zero-order valence-corrected chi connectivity index (χ0v) is 18.8. The molecule has 1 N–H and O–H groups in total. The van der Waals surface area contributed by atoms with Gasteiger partial charge in [0.25, 0.3) is 0 Å². The highest BCUT2D eigenvalue weighted by atomic mass is 32.2. The van der Waals surface area contributed by atoms with Crippen molar-refractivity contribution in [3.8, 4) is 5.75 Å². The lowest BCUT2D eigenvalue weighted by Crippen LogP contribution is -2.15. The molecule has 10 heteroatoms. The molecule has 2 heterocycles. The zero-order chi connectivity index (χ0) is 21.5. The summed E-state index contributed by atoms with van der Waals surface area (Å²) in [6, 6.07) is 6.06. The van der Waals surface area contributed by atoms with Crippen LogP contribution in [0.5, 0.6) is 5.75 Å². The maximum absolute atomic E-state index is 12.2. The zero-order valence-electron chi connectivity index (χ0n) is 17.2. The minimum Gasteiger partial charge on any atom is -0.486 e. The van der Waals surface area contributed by atoms with E-state index in [1.165, 1.54) is 23.1 Å². The van der Waals surface area contributed by atoms with Gasteiger partial charge in [0, 0.05) is 6.54 Å². The summed E-state index contributed by atoms with van der Waals surface area (Å²) in [6.07, 6.45) is 2.56. The number of nitrogens with one attached hydrogen (secondary N) is 1. The SMILES string of the molecule is C=CCn1c(COc2cc(C)cc(C)c2)nnc1SCC(=O)Nc1nnc(CC)s1.